The molecule has 0 atom stereocenters. The highest BCUT2D eigenvalue weighted by Crippen LogP contribution is 2.37. The lowest BCUT2D eigenvalue weighted by Crippen LogP contribution is -2.10. The monoisotopic (exact) mass is 449 g/mol. The molecule has 0 aliphatic carbocycles. The minimum Gasteiger partial charge on any atom is -0.496 e. The maximum atomic E-state index is 12.9. The second-order valence-corrected chi connectivity index (χ2v) is 9.90. The van der Waals surface area contributed by atoms with Crippen molar-refractivity contribution in [1.29, 1.82) is 0 Å². The summed E-state index contributed by atoms with van der Waals surface area (Å²) in [6, 6.07) is 14.5. The first kappa shape index (κ1) is 22.0. The largest absolute Gasteiger partial charge is 0.496 e. The highest BCUT2D eigenvalue weighted by molar-refractivity contribution is 7.87. The average molecular weight is 450 g/mol. The molecular formula is C26H27NO4S. The summed E-state index contributed by atoms with van der Waals surface area (Å²) in [6.45, 7) is 7.97. The normalized spacial score (nSPS) is 11.7. The summed E-state index contributed by atoms with van der Waals surface area (Å²) in [7, 11) is -2.31. The molecule has 0 saturated carbocycles. The van der Waals surface area contributed by atoms with Gasteiger partial charge in [-0.3, -0.25) is 0 Å². The fourth-order valence-electron chi connectivity index (χ4n) is 3.78. The second-order valence-electron chi connectivity index (χ2n) is 8.36. The number of aromatic nitrogens is 1. The van der Waals surface area contributed by atoms with Crippen LogP contribution in [0.1, 0.15) is 30.5 Å². The van der Waals surface area contributed by atoms with E-state index >= 15 is 0 Å². The molecular weight excluding hydrogens is 422 g/mol. The Morgan fingerprint density at radius 2 is 1.66 bits per heavy atom. The van der Waals surface area contributed by atoms with Crippen LogP contribution in [0.5, 0.6) is 11.5 Å². The lowest BCUT2D eigenvalue weighted by Gasteiger charge is -2.09. The van der Waals surface area contributed by atoms with Crippen molar-refractivity contribution in [1.82, 2.24) is 4.98 Å². The number of aryl methyl sites for hydroxylation is 2. The molecule has 3 aromatic carbocycles. The van der Waals surface area contributed by atoms with E-state index in [0.29, 0.717) is 5.52 Å². The van der Waals surface area contributed by atoms with E-state index in [1.165, 1.54) is 5.57 Å². The first-order valence-electron chi connectivity index (χ1n) is 10.5. The van der Waals surface area contributed by atoms with Crippen LogP contribution in [0.25, 0.3) is 21.8 Å². The molecule has 0 unspecified atom stereocenters. The third kappa shape index (κ3) is 4.23. The maximum absolute atomic E-state index is 12.9. The Labute approximate surface area is 188 Å². The summed E-state index contributed by atoms with van der Waals surface area (Å²) >= 11 is 0. The number of methoxy groups -OCH3 is 1. The van der Waals surface area contributed by atoms with Crippen LogP contribution in [0.2, 0.25) is 0 Å². The van der Waals surface area contributed by atoms with Crippen LogP contribution >= 0.6 is 0 Å². The van der Waals surface area contributed by atoms with Gasteiger partial charge in [0.1, 0.15) is 10.6 Å². The van der Waals surface area contributed by atoms with Gasteiger partial charge in [-0.15, -0.1) is 0 Å². The number of aromatic amines is 1. The molecule has 4 aromatic rings. The lowest BCUT2D eigenvalue weighted by atomic mass is 10.0. The topological polar surface area (TPSA) is 68.4 Å². The molecule has 4 rings (SSSR count). The van der Waals surface area contributed by atoms with Crippen LogP contribution in [-0.4, -0.2) is 20.5 Å². The van der Waals surface area contributed by atoms with E-state index in [-0.39, 0.29) is 10.6 Å². The molecule has 1 N–H and O–H groups in total. The molecule has 1 aromatic heterocycles. The van der Waals surface area contributed by atoms with E-state index in [1.54, 1.807) is 37.4 Å². The number of rotatable bonds is 6. The Bertz CT molecular complexity index is 1440. The highest BCUT2D eigenvalue weighted by atomic mass is 32.2. The summed E-state index contributed by atoms with van der Waals surface area (Å²) in [5.74, 6) is 1.06. The molecule has 5 nitrogen and oxygen atoms in total. The minimum atomic E-state index is -3.97. The smallest absolute Gasteiger partial charge is 0.339 e. The first-order valence-corrected chi connectivity index (χ1v) is 11.9. The molecule has 32 heavy (non-hydrogen) atoms. The van der Waals surface area contributed by atoms with Crippen molar-refractivity contribution in [3.8, 4) is 11.5 Å². The predicted octanol–water partition coefficient (Wildman–Crippen LogP) is 6.22. The molecule has 0 radical (unpaired) electrons. The van der Waals surface area contributed by atoms with Crippen molar-refractivity contribution in [2.24, 2.45) is 0 Å². The van der Waals surface area contributed by atoms with Gasteiger partial charge in [-0.2, -0.15) is 8.42 Å². The lowest BCUT2D eigenvalue weighted by molar-refractivity contribution is 0.411. The molecule has 0 aliphatic heterocycles. The zero-order chi connectivity index (χ0) is 23.0. The molecule has 0 amide bonds. The number of hydrogen-bond donors (Lipinski definition) is 1. The summed E-state index contributed by atoms with van der Waals surface area (Å²) < 4.78 is 37.1. The van der Waals surface area contributed by atoms with Gasteiger partial charge in [0.25, 0.3) is 0 Å². The van der Waals surface area contributed by atoms with Gasteiger partial charge in [-0.05, 0) is 75.6 Å². The molecule has 0 saturated heterocycles. The van der Waals surface area contributed by atoms with Gasteiger partial charge < -0.3 is 13.9 Å². The Morgan fingerprint density at radius 1 is 0.938 bits per heavy atom. The fraction of sp³-hybridized carbons (Fsp3) is 0.231. The molecule has 0 spiro atoms. The summed E-state index contributed by atoms with van der Waals surface area (Å²) in [6.07, 6.45) is 2.91. The van der Waals surface area contributed by atoms with Gasteiger partial charge in [-0.1, -0.05) is 29.3 Å². The summed E-state index contributed by atoms with van der Waals surface area (Å²) in [4.78, 5) is 3.46. The van der Waals surface area contributed by atoms with E-state index in [9.17, 15) is 8.42 Å². The molecule has 1 heterocycles. The van der Waals surface area contributed by atoms with Crippen molar-refractivity contribution in [2.45, 2.75) is 39.0 Å². The van der Waals surface area contributed by atoms with Crippen LogP contribution in [0, 0.1) is 13.8 Å². The number of benzene rings is 3. The zero-order valence-electron chi connectivity index (χ0n) is 18.9. The number of allylic oxidation sites excluding steroid dienone is 2. The van der Waals surface area contributed by atoms with Gasteiger partial charge in [-0.25, -0.2) is 0 Å². The van der Waals surface area contributed by atoms with E-state index in [2.05, 4.69) is 31.0 Å². The Hall–Kier alpha value is -3.25. The van der Waals surface area contributed by atoms with Crippen LogP contribution in [0.15, 0.2) is 65.1 Å². The number of hydrogen-bond acceptors (Lipinski definition) is 4. The van der Waals surface area contributed by atoms with Crippen LogP contribution in [0.4, 0.5) is 0 Å². The molecule has 6 heteroatoms. The first-order chi connectivity index (χ1) is 15.2. The average Bonchev–Trinajstić information content (AvgIpc) is 3.09. The van der Waals surface area contributed by atoms with Gasteiger partial charge in [0.2, 0.25) is 0 Å². The summed E-state index contributed by atoms with van der Waals surface area (Å²) in [5, 5.41) is 1.91. The van der Waals surface area contributed by atoms with E-state index < -0.39 is 10.1 Å². The number of nitrogens with one attached hydrogen (secondary N) is 1. The molecule has 0 fully saturated rings. The maximum Gasteiger partial charge on any atom is 0.339 e. The quantitative estimate of drug-likeness (QED) is 0.280. The zero-order valence-corrected chi connectivity index (χ0v) is 19.8. The molecule has 166 valence electrons. The van der Waals surface area contributed by atoms with Crippen LogP contribution in [-0.2, 0) is 16.5 Å². The SMILES string of the molecule is COc1cc2[nH]c3c(OS(=O)(=O)c4ccc(C)cc4)cc(C)cc3c2cc1CC=C(C)C. The Kier molecular flexibility index (Phi) is 5.73. The fourth-order valence-corrected chi connectivity index (χ4v) is 4.71. The summed E-state index contributed by atoms with van der Waals surface area (Å²) in [5.41, 5.74) is 5.70. The van der Waals surface area contributed by atoms with E-state index in [0.717, 1.165) is 45.1 Å². The van der Waals surface area contributed by atoms with Crippen molar-refractivity contribution in [3.63, 3.8) is 0 Å². The minimum absolute atomic E-state index is 0.125. The van der Waals surface area contributed by atoms with Crippen molar-refractivity contribution >= 4 is 31.9 Å². The van der Waals surface area contributed by atoms with Gasteiger partial charge >= 0.3 is 10.1 Å². The van der Waals surface area contributed by atoms with Gasteiger partial charge in [0, 0.05) is 16.8 Å². The van der Waals surface area contributed by atoms with Crippen molar-refractivity contribution < 1.29 is 17.3 Å². The molecule has 0 aliphatic rings. The van der Waals surface area contributed by atoms with Crippen molar-refractivity contribution in [2.75, 3.05) is 7.11 Å². The predicted molar refractivity (Wildman–Crippen MR) is 129 cm³/mol. The standard InChI is InChI=1S/C26H27NO4S/c1-16(2)6-9-19-14-21-22-12-18(4)13-25(26(22)27-23(21)15-24(19)30-5)31-32(28,29)20-10-7-17(3)8-11-20/h6-8,10-15,27H,9H2,1-5H3. The number of ether oxygens (including phenoxy) is 1. The Morgan fingerprint density at radius 3 is 2.31 bits per heavy atom. The van der Waals surface area contributed by atoms with Gasteiger partial charge in [0.15, 0.2) is 5.75 Å². The number of H-pyrrole nitrogens is 1. The second kappa shape index (κ2) is 8.36. The van der Waals surface area contributed by atoms with E-state index in [4.69, 9.17) is 8.92 Å². The van der Waals surface area contributed by atoms with E-state index in [1.807, 2.05) is 26.0 Å². The van der Waals surface area contributed by atoms with Crippen molar-refractivity contribution in [3.05, 3.63) is 76.9 Å². The van der Waals surface area contributed by atoms with Gasteiger partial charge in [0.05, 0.1) is 18.1 Å². The number of fused-ring (bicyclic) bond motifs is 3. The Balaban J connectivity index is 1.86. The third-order valence-corrected chi connectivity index (χ3v) is 6.70. The highest BCUT2D eigenvalue weighted by Gasteiger charge is 2.20. The van der Waals surface area contributed by atoms with Crippen LogP contribution in [0.3, 0.4) is 0 Å². The molecule has 0 bridgehead atoms. The third-order valence-electron chi connectivity index (χ3n) is 5.46. The van der Waals surface area contributed by atoms with Crippen LogP contribution < -0.4 is 8.92 Å².